The Hall–Kier alpha value is -4.16. The first-order valence-electron chi connectivity index (χ1n) is 17.6. The lowest BCUT2D eigenvalue weighted by molar-refractivity contribution is -0.145. The van der Waals surface area contributed by atoms with Crippen molar-refractivity contribution in [1.29, 1.82) is 0 Å². The number of methoxy groups -OCH3 is 1. The Kier molecular flexibility index (Phi) is 18.5. The molecule has 5 atom stereocenters. The van der Waals surface area contributed by atoms with Gasteiger partial charge in [-0.05, 0) is 69.8 Å². The zero-order chi connectivity index (χ0) is 38.2. The highest BCUT2D eigenvalue weighted by Gasteiger charge is 2.33. The minimum Gasteiger partial charge on any atom is -0.467 e. The van der Waals surface area contributed by atoms with E-state index in [2.05, 4.69) is 26.6 Å². The van der Waals surface area contributed by atoms with Crippen molar-refractivity contribution in [2.45, 2.75) is 137 Å². The third-order valence-electron chi connectivity index (χ3n) is 7.52. The highest BCUT2D eigenvalue weighted by atomic mass is 16.6. The minimum atomic E-state index is -1.02. The number of ether oxygens (including phenoxy) is 2. The van der Waals surface area contributed by atoms with E-state index in [-0.39, 0.29) is 43.4 Å². The molecule has 0 saturated heterocycles. The second kappa shape index (κ2) is 21.1. The molecule has 0 aliphatic carbocycles. The van der Waals surface area contributed by atoms with Crippen LogP contribution in [0.2, 0.25) is 0 Å². The molecule has 1 aromatic carbocycles. The summed E-state index contributed by atoms with van der Waals surface area (Å²) in [5.41, 5.74) is 0.0549. The number of esters is 1. The van der Waals surface area contributed by atoms with E-state index in [1.165, 1.54) is 7.11 Å². The molecule has 0 spiro atoms. The zero-order valence-electron chi connectivity index (χ0n) is 31.8. The number of amides is 5. The summed E-state index contributed by atoms with van der Waals surface area (Å²) in [5, 5.41) is 13.6. The van der Waals surface area contributed by atoms with Crippen molar-refractivity contribution in [2.75, 3.05) is 7.11 Å². The third kappa shape index (κ3) is 17.0. The van der Waals surface area contributed by atoms with Crippen molar-refractivity contribution in [2.24, 2.45) is 17.8 Å². The van der Waals surface area contributed by atoms with E-state index in [0.29, 0.717) is 6.42 Å². The molecule has 13 heteroatoms. The van der Waals surface area contributed by atoms with E-state index in [1.807, 2.05) is 71.9 Å². The lowest BCUT2D eigenvalue weighted by atomic mass is 9.99. The van der Waals surface area contributed by atoms with E-state index in [9.17, 15) is 28.8 Å². The van der Waals surface area contributed by atoms with Crippen molar-refractivity contribution < 1.29 is 38.2 Å². The molecular formula is C37H61N5O8. The molecule has 0 bridgehead atoms. The second-order valence-corrected chi connectivity index (χ2v) is 15.0. The Morgan fingerprint density at radius 3 is 1.36 bits per heavy atom. The van der Waals surface area contributed by atoms with Gasteiger partial charge in [0, 0.05) is 6.42 Å². The molecule has 0 saturated carbocycles. The van der Waals surface area contributed by atoms with Crippen molar-refractivity contribution in [1.82, 2.24) is 26.6 Å². The average Bonchev–Trinajstić information content (AvgIpc) is 3.00. The maximum atomic E-state index is 13.6. The van der Waals surface area contributed by atoms with Crippen LogP contribution >= 0.6 is 0 Å². The summed E-state index contributed by atoms with van der Waals surface area (Å²) in [4.78, 5) is 79.2. The Morgan fingerprint density at radius 2 is 0.980 bits per heavy atom. The minimum absolute atomic E-state index is 0.0000718. The Balaban J connectivity index is 3.13. The maximum absolute atomic E-state index is 13.6. The molecule has 0 aromatic heterocycles. The molecule has 5 N–H and O–H groups in total. The van der Waals surface area contributed by atoms with E-state index < -0.39 is 71.5 Å². The number of hydrogen-bond acceptors (Lipinski definition) is 8. The smallest absolute Gasteiger partial charge is 0.408 e. The van der Waals surface area contributed by atoms with E-state index >= 15 is 0 Å². The molecule has 1 rings (SSSR count). The molecule has 0 heterocycles. The number of alkyl carbamates (subject to hydrolysis) is 1. The van der Waals surface area contributed by atoms with Crippen LogP contribution < -0.4 is 26.6 Å². The normalized spacial score (nSPS) is 14.5. The lowest BCUT2D eigenvalue weighted by Crippen LogP contribution is -2.59. The van der Waals surface area contributed by atoms with Crippen molar-refractivity contribution in [3.05, 3.63) is 35.9 Å². The van der Waals surface area contributed by atoms with Crippen molar-refractivity contribution in [3.63, 3.8) is 0 Å². The highest BCUT2D eigenvalue weighted by Crippen LogP contribution is 2.13. The monoisotopic (exact) mass is 703 g/mol. The molecule has 282 valence electrons. The van der Waals surface area contributed by atoms with Crippen LogP contribution in [-0.4, -0.2) is 78.6 Å². The summed E-state index contributed by atoms with van der Waals surface area (Å²) >= 11 is 0. The van der Waals surface area contributed by atoms with Crippen LogP contribution in [0.25, 0.3) is 0 Å². The molecule has 0 aliphatic rings. The Labute approximate surface area is 298 Å². The third-order valence-corrected chi connectivity index (χ3v) is 7.52. The standard InChI is InChI=1S/C37H61N5O8/c1-12-26(31(43)39-28(19-23(4)5)33(45)41-30(35(47)49-11)21-25-16-14-13-15-17-25)38-32(44)27(18-22(2)3)40-34(46)29(20-24(6)7)42-36(48)50-37(8,9)10/h13-17,22-24,26-30H,12,18-21H2,1-11H3,(H,38,44)(H,39,43)(H,40,46)(H,41,45)(H,42,48)/t26-,27+,28+,29+,30+/m1/s1. The number of rotatable bonds is 19. The van der Waals surface area contributed by atoms with Gasteiger partial charge in [0.2, 0.25) is 23.6 Å². The average molecular weight is 704 g/mol. The van der Waals surface area contributed by atoms with Crippen LogP contribution in [0.15, 0.2) is 30.3 Å². The predicted molar refractivity (Wildman–Crippen MR) is 192 cm³/mol. The molecule has 0 aliphatic heterocycles. The number of benzene rings is 1. The Morgan fingerprint density at radius 1 is 0.600 bits per heavy atom. The van der Waals surface area contributed by atoms with Crippen LogP contribution in [-0.2, 0) is 39.9 Å². The largest absolute Gasteiger partial charge is 0.467 e. The van der Waals surface area contributed by atoms with E-state index in [0.717, 1.165) is 5.56 Å². The topological polar surface area (TPSA) is 181 Å². The van der Waals surface area contributed by atoms with E-state index in [1.54, 1.807) is 27.7 Å². The summed E-state index contributed by atoms with van der Waals surface area (Å²) in [6, 6.07) is 4.20. The molecule has 0 fully saturated rings. The SMILES string of the molecule is CC[C@@H](NC(=O)[C@H](CC(C)C)NC(=O)[C@H](CC(C)C)NC(=O)OC(C)(C)C)C(=O)N[C@@H](CC(C)C)C(=O)N[C@@H](Cc1ccccc1)C(=O)OC. The van der Waals surface area contributed by atoms with Gasteiger partial charge in [0.05, 0.1) is 7.11 Å². The second-order valence-electron chi connectivity index (χ2n) is 15.0. The van der Waals surface area contributed by atoms with Gasteiger partial charge in [-0.1, -0.05) is 78.8 Å². The van der Waals surface area contributed by atoms with Gasteiger partial charge < -0.3 is 36.1 Å². The fraction of sp³-hybridized carbons (Fsp3) is 0.676. The Bertz CT molecular complexity index is 1260. The lowest BCUT2D eigenvalue weighted by Gasteiger charge is -2.28. The van der Waals surface area contributed by atoms with Gasteiger partial charge in [0.1, 0.15) is 35.8 Å². The quantitative estimate of drug-likeness (QED) is 0.135. The number of carbonyl (C=O) groups is 6. The molecule has 1 aromatic rings. The fourth-order valence-corrected chi connectivity index (χ4v) is 5.19. The van der Waals surface area contributed by atoms with Crippen LogP contribution in [0.5, 0.6) is 0 Å². The number of carbonyl (C=O) groups excluding carboxylic acids is 6. The predicted octanol–water partition coefficient (Wildman–Crippen LogP) is 3.78. The van der Waals surface area contributed by atoms with Gasteiger partial charge in [-0.3, -0.25) is 19.2 Å². The van der Waals surface area contributed by atoms with Crippen LogP contribution in [0.1, 0.15) is 100 Å². The first-order valence-corrected chi connectivity index (χ1v) is 17.6. The van der Waals surface area contributed by atoms with Gasteiger partial charge >= 0.3 is 12.1 Å². The first-order chi connectivity index (χ1) is 23.3. The molecule has 13 nitrogen and oxygen atoms in total. The molecular weight excluding hydrogens is 642 g/mol. The molecule has 0 radical (unpaired) electrons. The van der Waals surface area contributed by atoms with Gasteiger partial charge in [0.25, 0.3) is 0 Å². The summed E-state index contributed by atoms with van der Waals surface area (Å²) < 4.78 is 10.3. The number of nitrogens with one attached hydrogen (secondary N) is 5. The van der Waals surface area contributed by atoms with Gasteiger partial charge in [-0.15, -0.1) is 0 Å². The molecule has 5 amide bonds. The number of hydrogen-bond donors (Lipinski definition) is 5. The maximum Gasteiger partial charge on any atom is 0.408 e. The first kappa shape index (κ1) is 43.9. The summed E-state index contributed by atoms with van der Waals surface area (Å²) in [5.74, 6) is -2.84. The van der Waals surface area contributed by atoms with Crippen LogP contribution in [0.4, 0.5) is 4.79 Å². The van der Waals surface area contributed by atoms with Gasteiger partial charge in [-0.25, -0.2) is 9.59 Å². The summed E-state index contributed by atoms with van der Waals surface area (Å²) in [6.07, 6.45) is 0.501. The summed E-state index contributed by atoms with van der Waals surface area (Å²) in [7, 11) is 1.24. The summed E-state index contributed by atoms with van der Waals surface area (Å²) in [6.45, 7) is 18.3. The highest BCUT2D eigenvalue weighted by molar-refractivity contribution is 5.96. The zero-order valence-corrected chi connectivity index (χ0v) is 31.8. The van der Waals surface area contributed by atoms with Crippen LogP contribution in [0, 0.1) is 17.8 Å². The fourth-order valence-electron chi connectivity index (χ4n) is 5.19. The van der Waals surface area contributed by atoms with Crippen molar-refractivity contribution in [3.8, 4) is 0 Å². The molecule has 0 unspecified atom stereocenters. The van der Waals surface area contributed by atoms with Gasteiger partial charge in [-0.2, -0.15) is 0 Å². The van der Waals surface area contributed by atoms with Crippen molar-refractivity contribution >= 4 is 35.7 Å². The van der Waals surface area contributed by atoms with E-state index in [4.69, 9.17) is 9.47 Å². The van der Waals surface area contributed by atoms with Gasteiger partial charge in [0.15, 0.2) is 0 Å². The molecule has 50 heavy (non-hydrogen) atoms. The van der Waals surface area contributed by atoms with Crippen LogP contribution in [0.3, 0.4) is 0 Å².